The summed E-state index contributed by atoms with van der Waals surface area (Å²) >= 11 is 0. The van der Waals surface area contributed by atoms with Crippen LogP contribution in [0.25, 0.3) is 0 Å². The van der Waals surface area contributed by atoms with Crippen molar-refractivity contribution in [2.24, 2.45) is 29.2 Å². The zero-order valence-electron chi connectivity index (χ0n) is 17.8. The molecule has 0 radical (unpaired) electrons. The fraction of sp³-hybridized carbons (Fsp3) is 0.583. The molecule has 2 aliphatic rings. The molecular formula is C24H35N3O. The van der Waals surface area contributed by atoms with Crippen LogP contribution >= 0.6 is 0 Å². The van der Waals surface area contributed by atoms with Crippen LogP contribution < -0.4 is 11.5 Å². The average molecular weight is 382 g/mol. The minimum atomic E-state index is -0.455. The van der Waals surface area contributed by atoms with Crippen molar-refractivity contribution in [3.63, 3.8) is 0 Å². The second kappa shape index (κ2) is 8.30. The molecule has 3 atom stereocenters. The largest absolute Gasteiger partial charge is 0.330 e. The summed E-state index contributed by atoms with van der Waals surface area (Å²) in [7, 11) is 0. The zero-order chi connectivity index (χ0) is 20.5. The Morgan fingerprint density at radius 3 is 2.79 bits per heavy atom. The first-order valence-electron chi connectivity index (χ1n) is 10.6. The van der Waals surface area contributed by atoms with Crippen LogP contribution in [0.1, 0.15) is 63.9 Å². The van der Waals surface area contributed by atoms with E-state index in [1.807, 2.05) is 6.07 Å². The number of aromatic nitrogens is 1. The van der Waals surface area contributed by atoms with Gasteiger partial charge in [-0.25, -0.2) is 0 Å². The molecule has 1 aromatic heterocycles. The molecule has 4 N–H and O–H groups in total. The molecule has 1 aromatic rings. The highest BCUT2D eigenvalue weighted by atomic mass is 16.1. The number of Topliss-reactive ketones (excluding diaryl/α,β-unsaturated/α-hetero) is 1. The van der Waals surface area contributed by atoms with Crippen LogP contribution in [0.2, 0.25) is 0 Å². The summed E-state index contributed by atoms with van der Waals surface area (Å²) in [4.78, 5) is 17.5. The molecule has 2 aliphatic carbocycles. The first-order chi connectivity index (χ1) is 13.3. The first-order valence-corrected chi connectivity index (χ1v) is 10.6. The van der Waals surface area contributed by atoms with Gasteiger partial charge in [0.15, 0.2) is 0 Å². The summed E-state index contributed by atoms with van der Waals surface area (Å²) in [5, 5.41) is 0. The maximum atomic E-state index is 12.6. The molecule has 0 spiro atoms. The number of rotatable bonds is 7. The third-order valence-corrected chi connectivity index (χ3v) is 6.23. The Balaban J connectivity index is 1.79. The van der Waals surface area contributed by atoms with E-state index in [0.717, 1.165) is 36.2 Å². The highest BCUT2D eigenvalue weighted by Gasteiger charge is 2.44. The summed E-state index contributed by atoms with van der Waals surface area (Å²) in [5.41, 5.74) is 18.0. The summed E-state index contributed by atoms with van der Waals surface area (Å²) < 4.78 is 0. The SMILES string of the molecule is C/C=C1\C2C=C(C)CC1(N)c1ccc(CC(=O)C[C@@H](CN)CC(C)C)nc1C2. The maximum Gasteiger partial charge on any atom is 0.139 e. The van der Waals surface area contributed by atoms with E-state index in [1.165, 1.54) is 11.1 Å². The minimum absolute atomic E-state index is 0.229. The van der Waals surface area contributed by atoms with Gasteiger partial charge in [0.05, 0.1) is 5.54 Å². The van der Waals surface area contributed by atoms with E-state index >= 15 is 0 Å². The van der Waals surface area contributed by atoms with Crippen molar-refractivity contribution in [1.82, 2.24) is 4.98 Å². The van der Waals surface area contributed by atoms with E-state index in [4.69, 9.17) is 16.5 Å². The Labute approximate surface area is 169 Å². The molecule has 0 aliphatic heterocycles. The normalized spacial score (nSPS) is 26.2. The average Bonchev–Trinajstić information content (AvgIpc) is 2.59. The molecule has 4 heteroatoms. The van der Waals surface area contributed by atoms with Crippen molar-refractivity contribution < 1.29 is 4.79 Å². The van der Waals surface area contributed by atoms with Gasteiger partial charge in [-0.3, -0.25) is 9.78 Å². The molecule has 2 bridgehead atoms. The van der Waals surface area contributed by atoms with Crippen molar-refractivity contribution in [3.8, 4) is 0 Å². The quantitative estimate of drug-likeness (QED) is 0.703. The molecule has 0 aromatic carbocycles. The Morgan fingerprint density at radius 1 is 1.39 bits per heavy atom. The van der Waals surface area contributed by atoms with E-state index < -0.39 is 5.54 Å². The molecular weight excluding hydrogens is 346 g/mol. The number of ketones is 1. The number of pyridine rings is 1. The Bertz CT molecular complexity index is 808. The lowest BCUT2D eigenvalue weighted by atomic mass is 9.63. The lowest BCUT2D eigenvalue weighted by Crippen LogP contribution is -2.47. The van der Waals surface area contributed by atoms with E-state index in [1.54, 1.807) is 0 Å². The molecule has 28 heavy (non-hydrogen) atoms. The second-order valence-electron chi connectivity index (χ2n) is 9.16. The van der Waals surface area contributed by atoms with Gasteiger partial charge in [-0.1, -0.05) is 37.6 Å². The molecule has 4 nitrogen and oxygen atoms in total. The fourth-order valence-electron chi connectivity index (χ4n) is 5.20. The van der Waals surface area contributed by atoms with Gasteiger partial charge in [0.25, 0.3) is 0 Å². The first kappa shape index (κ1) is 20.9. The van der Waals surface area contributed by atoms with Crippen LogP contribution in [0.4, 0.5) is 0 Å². The summed E-state index contributed by atoms with van der Waals surface area (Å²) in [6.45, 7) is 9.16. The van der Waals surface area contributed by atoms with Gasteiger partial charge >= 0.3 is 0 Å². The number of hydrogen-bond acceptors (Lipinski definition) is 4. The molecule has 0 saturated carbocycles. The van der Waals surface area contributed by atoms with Crippen molar-refractivity contribution in [2.45, 2.75) is 65.3 Å². The highest BCUT2D eigenvalue weighted by Crippen LogP contribution is 2.47. The molecule has 152 valence electrons. The molecule has 1 heterocycles. The number of carbonyl (C=O) groups is 1. The smallest absolute Gasteiger partial charge is 0.139 e. The summed E-state index contributed by atoms with van der Waals surface area (Å²) in [6, 6.07) is 4.10. The molecule has 0 fully saturated rings. The number of nitrogens with zero attached hydrogens (tertiary/aromatic N) is 1. The predicted molar refractivity (Wildman–Crippen MR) is 115 cm³/mol. The number of hydrogen-bond donors (Lipinski definition) is 2. The van der Waals surface area contributed by atoms with Gasteiger partial charge in [-0.15, -0.1) is 0 Å². The van der Waals surface area contributed by atoms with Gasteiger partial charge in [0, 0.05) is 36.6 Å². The highest BCUT2D eigenvalue weighted by molar-refractivity contribution is 5.80. The number of allylic oxidation sites excluding steroid dienone is 2. The number of carbonyl (C=O) groups excluding carboxylic acids is 1. The van der Waals surface area contributed by atoms with Gasteiger partial charge < -0.3 is 11.5 Å². The predicted octanol–water partition coefficient (Wildman–Crippen LogP) is 3.83. The lowest BCUT2D eigenvalue weighted by Gasteiger charge is -2.45. The second-order valence-corrected chi connectivity index (χ2v) is 9.16. The van der Waals surface area contributed by atoms with Crippen molar-refractivity contribution in [1.29, 1.82) is 0 Å². The van der Waals surface area contributed by atoms with E-state index in [0.29, 0.717) is 31.2 Å². The van der Waals surface area contributed by atoms with Crippen LogP contribution in [0.3, 0.4) is 0 Å². The third-order valence-electron chi connectivity index (χ3n) is 6.23. The third kappa shape index (κ3) is 4.13. The number of nitrogens with two attached hydrogens (primary N) is 2. The van der Waals surface area contributed by atoms with Gasteiger partial charge in [-0.2, -0.15) is 0 Å². The van der Waals surface area contributed by atoms with Crippen LogP contribution in [0.15, 0.2) is 35.4 Å². The summed E-state index contributed by atoms with van der Waals surface area (Å²) in [6.07, 6.45) is 8.14. The van der Waals surface area contributed by atoms with E-state index in [2.05, 4.69) is 45.9 Å². The van der Waals surface area contributed by atoms with Gasteiger partial charge in [-0.05, 0) is 62.3 Å². The van der Waals surface area contributed by atoms with Gasteiger partial charge in [0.1, 0.15) is 5.78 Å². The molecule has 3 rings (SSSR count). The van der Waals surface area contributed by atoms with Crippen LogP contribution in [-0.4, -0.2) is 17.3 Å². The monoisotopic (exact) mass is 381 g/mol. The Morgan fingerprint density at radius 2 is 2.14 bits per heavy atom. The van der Waals surface area contributed by atoms with Crippen LogP contribution in [0, 0.1) is 17.8 Å². The topological polar surface area (TPSA) is 82.0 Å². The van der Waals surface area contributed by atoms with Crippen molar-refractivity contribution >= 4 is 5.78 Å². The van der Waals surface area contributed by atoms with E-state index in [-0.39, 0.29) is 11.7 Å². The van der Waals surface area contributed by atoms with Gasteiger partial charge in [0.2, 0.25) is 0 Å². The number of fused-ring (bicyclic) bond motifs is 4. The fourth-order valence-corrected chi connectivity index (χ4v) is 5.20. The van der Waals surface area contributed by atoms with Crippen LogP contribution in [0.5, 0.6) is 0 Å². The molecule has 0 amide bonds. The molecule has 0 saturated heterocycles. The molecule has 2 unspecified atom stereocenters. The minimum Gasteiger partial charge on any atom is -0.330 e. The lowest BCUT2D eigenvalue weighted by molar-refractivity contribution is -0.119. The maximum absolute atomic E-state index is 12.6. The van der Waals surface area contributed by atoms with Crippen molar-refractivity contribution in [3.05, 3.63) is 52.4 Å². The standard InChI is InChI=1S/C24H35N3O/c1-5-21-18-9-16(4)13-24(21,26)22-7-6-19(27-23(22)11-18)12-20(28)10-17(14-25)8-15(2)3/h5-7,9,15,17-18H,8,10-14,25-26H2,1-4H3/b21-5+/t17-,18?,24?/m0/s1. The van der Waals surface area contributed by atoms with Crippen molar-refractivity contribution in [2.75, 3.05) is 6.54 Å². The zero-order valence-corrected chi connectivity index (χ0v) is 17.8. The van der Waals surface area contributed by atoms with Crippen LogP contribution in [-0.2, 0) is 23.2 Å². The summed E-state index contributed by atoms with van der Waals surface area (Å²) in [5.74, 6) is 1.37. The Kier molecular flexibility index (Phi) is 6.21. The Hall–Kier alpha value is -1.78. The van der Waals surface area contributed by atoms with E-state index in [9.17, 15) is 4.79 Å².